The highest BCUT2D eigenvalue weighted by atomic mass is 127. The summed E-state index contributed by atoms with van der Waals surface area (Å²) in [7, 11) is 0. The third-order valence-corrected chi connectivity index (χ3v) is 4.68. The Bertz CT molecular complexity index is 545. The normalized spacial score (nSPS) is 17.9. The molecule has 1 amide bonds. The summed E-state index contributed by atoms with van der Waals surface area (Å²) >= 11 is 1.98. The first-order valence-electron chi connectivity index (χ1n) is 6.75. The Morgan fingerprint density at radius 2 is 1.95 bits per heavy atom. The molecule has 0 spiro atoms. The molecule has 5 heteroatoms. The zero-order valence-electron chi connectivity index (χ0n) is 11.1. The predicted molar refractivity (Wildman–Crippen MR) is 83.5 cm³/mol. The number of amides is 1. The van der Waals surface area contributed by atoms with Gasteiger partial charge in [-0.3, -0.25) is 4.79 Å². The van der Waals surface area contributed by atoms with Gasteiger partial charge >= 0.3 is 0 Å². The smallest absolute Gasteiger partial charge is 0.244 e. The lowest BCUT2D eigenvalue weighted by atomic mass is 9.81. The van der Waals surface area contributed by atoms with Gasteiger partial charge in [0.05, 0.1) is 11.8 Å². The van der Waals surface area contributed by atoms with Gasteiger partial charge in [0.1, 0.15) is 11.2 Å². The number of rotatable bonds is 2. The van der Waals surface area contributed by atoms with Crippen LogP contribution in [0.3, 0.4) is 0 Å². The molecule has 1 saturated carbocycles. The number of carbonyl (C=O) groups is 1. The van der Waals surface area contributed by atoms with Gasteiger partial charge in [-0.1, -0.05) is 25.7 Å². The van der Waals surface area contributed by atoms with Crippen LogP contribution in [-0.2, 0) is 4.79 Å². The van der Waals surface area contributed by atoms with E-state index in [9.17, 15) is 14.4 Å². The monoisotopic (exact) mass is 386 g/mol. The minimum absolute atomic E-state index is 0.258. The zero-order valence-corrected chi connectivity index (χ0v) is 13.2. The first kappa shape index (κ1) is 15.2. The number of carbonyl (C=O) groups excluding carboxylic acids is 1. The van der Waals surface area contributed by atoms with Crippen LogP contribution in [0.25, 0.3) is 0 Å². The fourth-order valence-electron chi connectivity index (χ4n) is 2.55. The maximum Gasteiger partial charge on any atom is 0.244 e. The highest BCUT2D eigenvalue weighted by molar-refractivity contribution is 14.1. The molecule has 0 heterocycles. The van der Waals surface area contributed by atoms with Crippen LogP contribution in [0, 0.1) is 26.1 Å². The molecule has 3 nitrogen and oxygen atoms in total. The zero-order chi connectivity index (χ0) is 14.6. The Morgan fingerprint density at radius 1 is 1.30 bits per heavy atom. The quantitative estimate of drug-likeness (QED) is 0.611. The van der Waals surface area contributed by atoms with E-state index in [4.69, 9.17) is 0 Å². The maximum atomic E-state index is 13.1. The Labute approximate surface area is 131 Å². The van der Waals surface area contributed by atoms with Gasteiger partial charge in [-0.15, -0.1) is 0 Å². The largest absolute Gasteiger partial charge is 0.324 e. The van der Waals surface area contributed by atoms with Crippen molar-refractivity contribution < 1.29 is 9.18 Å². The highest BCUT2D eigenvalue weighted by Crippen LogP contribution is 2.36. The van der Waals surface area contributed by atoms with Gasteiger partial charge in [0.25, 0.3) is 0 Å². The minimum atomic E-state index is -0.937. The van der Waals surface area contributed by atoms with Gasteiger partial charge < -0.3 is 5.32 Å². The summed E-state index contributed by atoms with van der Waals surface area (Å²) in [5.74, 6) is -0.594. The minimum Gasteiger partial charge on any atom is -0.324 e. The van der Waals surface area contributed by atoms with Gasteiger partial charge in [0, 0.05) is 3.57 Å². The summed E-state index contributed by atoms with van der Waals surface area (Å²) in [6, 6.07) is 6.43. The standard InChI is InChI=1S/C15H16FIN2O/c16-11-5-6-13(12(17)9-11)19-14(20)15(10-18)7-3-1-2-4-8-15/h5-6,9H,1-4,7-8H2,(H,19,20). The lowest BCUT2D eigenvalue weighted by Crippen LogP contribution is -2.34. The second kappa shape index (κ2) is 6.53. The van der Waals surface area contributed by atoms with E-state index in [1.807, 2.05) is 22.6 Å². The molecule has 0 radical (unpaired) electrons. The second-order valence-electron chi connectivity index (χ2n) is 5.19. The molecule has 2 rings (SSSR count). The van der Waals surface area contributed by atoms with E-state index < -0.39 is 5.41 Å². The van der Waals surface area contributed by atoms with Gasteiger partial charge in [-0.25, -0.2) is 4.39 Å². The van der Waals surface area contributed by atoms with Crippen LogP contribution in [0.1, 0.15) is 38.5 Å². The van der Waals surface area contributed by atoms with E-state index in [1.54, 1.807) is 0 Å². The summed E-state index contributed by atoms with van der Waals surface area (Å²) in [6.07, 6.45) is 5.17. The van der Waals surface area contributed by atoms with Crippen molar-refractivity contribution in [1.29, 1.82) is 5.26 Å². The third-order valence-electron chi connectivity index (χ3n) is 3.79. The third kappa shape index (κ3) is 3.29. The van der Waals surface area contributed by atoms with Crippen LogP contribution in [0.15, 0.2) is 18.2 Å². The average molecular weight is 386 g/mol. The van der Waals surface area contributed by atoms with Crippen molar-refractivity contribution in [2.75, 3.05) is 5.32 Å². The van der Waals surface area contributed by atoms with Crippen molar-refractivity contribution in [3.63, 3.8) is 0 Å². The van der Waals surface area contributed by atoms with E-state index in [-0.39, 0.29) is 11.7 Å². The first-order valence-corrected chi connectivity index (χ1v) is 7.83. The van der Waals surface area contributed by atoms with Crippen molar-refractivity contribution in [1.82, 2.24) is 0 Å². The Kier molecular flexibility index (Phi) is 4.97. The number of nitrogens with one attached hydrogen (secondary N) is 1. The molecular formula is C15H16FIN2O. The molecule has 1 aliphatic carbocycles. The lowest BCUT2D eigenvalue weighted by molar-refractivity contribution is -0.123. The van der Waals surface area contributed by atoms with Crippen LogP contribution >= 0.6 is 22.6 Å². The maximum absolute atomic E-state index is 13.1. The molecule has 0 aliphatic heterocycles. The summed E-state index contributed by atoms with van der Waals surface area (Å²) in [4.78, 5) is 12.5. The fraction of sp³-hybridized carbons (Fsp3) is 0.467. The number of anilines is 1. The molecule has 1 aromatic carbocycles. The number of hydrogen-bond acceptors (Lipinski definition) is 2. The Balaban J connectivity index is 2.19. The van der Waals surface area contributed by atoms with Crippen molar-refractivity contribution in [3.8, 4) is 6.07 Å². The number of halogens is 2. The predicted octanol–water partition coefficient (Wildman–Crippen LogP) is 4.23. The summed E-state index contributed by atoms with van der Waals surface area (Å²) in [5.41, 5.74) is -0.371. The number of nitrogens with zero attached hydrogens (tertiary/aromatic N) is 1. The molecule has 20 heavy (non-hydrogen) atoms. The van der Waals surface area contributed by atoms with E-state index in [0.29, 0.717) is 22.1 Å². The number of hydrogen-bond donors (Lipinski definition) is 1. The molecule has 106 valence electrons. The molecule has 1 aromatic rings. The van der Waals surface area contributed by atoms with Crippen LogP contribution < -0.4 is 5.32 Å². The van der Waals surface area contributed by atoms with Gasteiger partial charge in [0.15, 0.2) is 0 Å². The van der Waals surface area contributed by atoms with E-state index in [0.717, 1.165) is 25.7 Å². The summed E-state index contributed by atoms with van der Waals surface area (Å²) < 4.78 is 13.7. The Morgan fingerprint density at radius 3 is 2.50 bits per heavy atom. The summed E-state index contributed by atoms with van der Waals surface area (Å²) in [5, 5.41) is 12.2. The number of nitriles is 1. The SMILES string of the molecule is N#CC1(C(=O)Nc2ccc(F)cc2I)CCCCCC1. The van der Waals surface area contributed by atoms with E-state index >= 15 is 0 Å². The van der Waals surface area contributed by atoms with Gasteiger partial charge in [-0.2, -0.15) is 5.26 Å². The lowest BCUT2D eigenvalue weighted by Gasteiger charge is -2.23. The molecule has 0 aromatic heterocycles. The highest BCUT2D eigenvalue weighted by Gasteiger charge is 2.39. The molecule has 0 atom stereocenters. The fourth-order valence-corrected chi connectivity index (χ4v) is 3.17. The van der Waals surface area contributed by atoms with Crippen LogP contribution in [0.2, 0.25) is 0 Å². The van der Waals surface area contributed by atoms with Crippen molar-refractivity contribution in [2.24, 2.45) is 5.41 Å². The average Bonchev–Trinajstić information content (AvgIpc) is 2.68. The molecule has 1 fully saturated rings. The van der Waals surface area contributed by atoms with Crippen molar-refractivity contribution in [2.45, 2.75) is 38.5 Å². The first-order chi connectivity index (χ1) is 9.57. The van der Waals surface area contributed by atoms with E-state index in [2.05, 4.69) is 11.4 Å². The summed E-state index contributed by atoms with van der Waals surface area (Å²) in [6.45, 7) is 0. The Hall–Kier alpha value is -1.16. The number of benzene rings is 1. The molecule has 0 unspecified atom stereocenters. The van der Waals surface area contributed by atoms with Crippen molar-refractivity contribution in [3.05, 3.63) is 27.6 Å². The topological polar surface area (TPSA) is 52.9 Å². The molecule has 0 saturated heterocycles. The molecule has 1 N–H and O–H groups in total. The van der Waals surface area contributed by atoms with Gasteiger partial charge in [0.2, 0.25) is 5.91 Å². The van der Waals surface area contributed by atoms with Crippen LogP contribution in [0.4, 0.5) is 10.1 Å². The van der Waals surface area contributed by atoms with E-state index in [1.165, 1.54) is 18.2 Å². The molecular weight excluding hydrogens is 370 g/mol. The van der Waals surface area contributed by atoms with Crippen LogP contribution in [0.5, 0.6) is 0 Å². The van der Waals surface area contributed by atoms with Crippen LogP contribution in [-0.4, -0.2) is 5.91 Å². The van der Waals surface area contributed by atoms with Crippen molar-refractivity contribution >= 4 is 34.2 Å². The molecule has 1 aliphatic rings. The second-order valence-corrected chi connectivity index (χ2v) is 6.35. The molecule has 0 bridgehead atoms. The van der Waals surface area contributed by atoms with Gasteiger partial charge in [-0.05, 0) is 53.6 Å².